The fourth-order valence-electron chi connectivity index (χ4n) is 3.96. The lowest BCUT2D eigenvalue weighted by Crippen LogP contribution is -2.34. The fourth-order valence-corrected chi connectivity index (χ4v) is 5.00. The molecular formula is C23H29NO4S. The lowest BCUT2D eigenvalue weighted by Gasteiger charge is -2.31. The average molecular weight is 416 g/mol. The van der Waals surface area contributed by atoms with Gasteiger partial charge in [0, 0.05) is 10.9 Å². The van der Waals surface area contributed by atoms with Gasteiger partial charge >= 0.3 is 11.9 Å². The lowest BCUT2D eigenvalue weighted by atomic mass is 9.82. The van der Waals surface area contributed by atoms with Crippen LogP contribution in [0.1, 0.15) is 55.1 Å². The van der Waals surface area contributed by atoms with Gasteiger partial charge in [-0.25, -0.2) is 4.79 Å². The van der Waals surface area contributed by atoms with Crippen molar-refractivity contribution in [3.05, 3.63) is 41.3 Å². The Bertz CT molecular complexity index is 812. The van der Waals surface area contributed by atoms with Crippen LogP contribution in [0.4, 0.5) is 5.69 Å². The molecule has 1 saturated carbocycles. The summed E-state index contributed by atoms with van der Waals surface area (Å²) in [6.45, 7) is 2.20. The lowest BCUT2D eigenvalue weighted by molar-refractivity contribution is -0.143. The molecule has 1 N–H and O–H groups in total. The van der Waals surface area contributed by atoms with Gasteiger partial charge in [-0.2, -0.15) is 0 Å². The second-order valence-corrected chi connectivity index (χ2v) is 8.42. The molecule has 0 radical (unpaired) electrons. The zero-order chi connectivity index (χ0) is 20.6. The predicted molar refractivity (Wildman–Crippen MR) is 116 cm³/mol. The van der Waals surface area contributed by atoms with E-state index in [0.717, 1.165) is 29.0 Å². The smallest absolute Gasteiger partial charge is 0.350 e. The van der Waals surface area contributed by atoms with Crippen LogP contribution in [0.15, 0.2) is 36.4 Å². The van der Waals surface area contributed by atoms with Crippen molar-refractivity contribution >= 4 is 29.0 Å². The minimum Gasteiger partial charge on any atom is -0.466 e. The third kappa shape index (κ3) is 5.60. The normalized spacial score (nSPS) is 15.5. The highest BCUT2D eigenvalue weighted by Gasteiger charge is 2.28. The zero-order valence-electron chi connectivity index (χ0n) is 17.1. The molecule has 29 heavy (non-hydrogen) atoms. The van der Waals surface area contributed by atoms with Crippen molar-refractivity contribution in [2.45, 2.75) is 51.5 Å². The van der Waals surface area contributed by atoms with E-state index in [1.165, 1.54) is 37.7 Å². The number of benzene rings is 1. The van der Waals surface area contributed by atoms with Crippen LogP contribution in [0.3, 0.4) is 0 Å². The molecular weight excluding hydrogens is 386 g/mol. The van der Waals surface area contributed by atoms with Crippen molar-refractivity contribution in [1.82, 2.24) is 0 Å². The molecule has 1 aliphatic rings. The maximum atomic E-state index is 12.4. The quantitative estimate of drug-likeness (QED) is 0.576. The summed E-state index contributed by atoms with van der Waals surface area (Å²) < 4.78 is 10.2. The number of thiophene rings is 1. The van der Waals surface area contributed by atoms with Gasteiger partial charge in [-0.15, -0.1) is 11.3 Å². The highest BCUT2D eigenvalue weighted by Crippen LogP contribution is 2.37. The Kier molecular flexibility index (Phi) is 7.69. The summed E-state index contributed by atoms with van der Waals surface area (Å²) in [6, 6.07) is 11.9. The van der Waals surface area contributed by atoms with E-state index in [1.807, 2.05) is 43.3 Å². The molecule has 5 nitrogen and oxygen atoms in total. The molecule has 0 saturated heterocycles. The third-order valence-electron chi connectivity index (χ3n) is 5.41. The summed E-state index contributed by atoms with van der Waals surface area (Å²) >= 11 is 1.41. The topological polar surface area (TPSA) is 64.6 Å². The van der Waals surface area contributed by atoms with Gasteiger partial charge in [-0.3, -0.25) is 4.79 Å². The number of rotatable bonds is 8. The van der Waals surface area contributed by atoms with Gasteiger partial charge in [0.25, 0.3) is 0 Å². The molecule has 1 aromatic carbocycles. The van der Waals surface area contributed by atoms with Crippen molar-refractivity contribution in [2.75, 3.05) is 19.0 Å². The first-order chi connectivity index (χ1) is 14.1. The minimum absolute atomic E-state index is 0.0593. The van der Waals surface area contributed by atoms with Crippen LogP contribution in [0.25, 0.3) is 10.4 Å². The highest BCUT2D eigenvalue weighted by atomic mass is 32.1. The Labute approximate surface area is 176 Å². The molecule has 0 amide bonds. The molecule has 2 aromatic rings. The Morgan fingerprint density at radius 3 is 2.55 bits per heavy atom. The molecule has 1 heterocycles. The van der Waals surface area contributed by atoms with Gasteiger partial charge < -0.3 is 14.8 Å². The Balaban J connectivity index is 1.89. The number of hydrogen-bond acceptors (Lipinski definition) is 6. The Morgan fingerprint density at radius 1 is 1.17 bits per heavy atom. The van der Waals surface area contributed by atoms with Gasteiger partial charge in [0.15, 0.2) is 0 Å². The Morgan fingerprint density at radius 2 is 1.90 bits per heavy atom. The number of ether oxygens (including phenoxy) is 2. The third-order valence-corrected chi connectivity index (χ3v) is 6.58. The molecule has 1 aromatic heterocycles. The van der Waals surface area contributed by atoms with Crippen molar-refractivity contribution in [1.29, 1.82) is 0 Å². The maximum absolute atomic E-state index is 12.4. The van der Waals surface area contributed by atoms with Crippen LogP contribution in [-0.4, -0.2) is 31.7 Å². The van der Waals surface area contributed by atoms with E-state index in [0.29, 0.717) is 23.8 Å². The predicted octanol–water partition coefficient (Wildman–Crippen LogP) is 5.52. The molecule has 0 aliphatic heterocycles. The fraction of sp³-hybridized carbons (Fsp3) is 0.478. The summed E-state index contributed by atoms with van der Waals surface area (Å²) in [5.41, 5.74) is 1.79. The molecule has 0 bridgehead atoms. The minimum atomic E-state index is -0.363. The number of methoxy groups -OCH3 is 1. The standard InChI is InChI=1S/C23H29NO4S/c1-3-28-21(25)15-18(16-10-6-4-7-11-16)24-19-14-20(17-12-8-5-9-13-17)29-22(19)23(26)27-2/h5,8-9,12-14,16,18,24H,3-4,6-7,10-11,15H2,1-2H3. The van der Waals surface area contributed by atoms with Crippen molar-refractivity contribution in [2.24, 2.45) is 5.92 Å². The number of hydrogen-bond donors (Lipinski definition) is 1. The van der Waals surface area contributed by atoms with Crippen molar-refractivity contribution in [3.8, 4) is 10.4 Å². The second kappa shape index (κ2) is 10.4. The molecule has 1 atom stereocenters. The van der Waals surface area contributed by atoms with Gasteiger partial charge in [-0.1, -0.05) is 49.6 Å². The van der Waals surface area contributed by atoms with E-state index in [9.17, 15) is 9.59 Å². The molecule has 3 rings (SSSR count). The van der Waals surface area contributed by atoms with E-state index >= 15 is 0 Å². The van der Waals surface area contributed by atoms with Crippen LogP contribution >= 0.6 is 11.3 Å². The first-order valence-corrected chi connectivity index (χ1v) is 11.1. The molecule has 156 valence electrons. The number of carbonyl (C=O) groups excluding carboxylic acids is 2. The van der Waals surface area contributed by atoms with E-state index in [1.54, 1.807) is 0 Å². The first kappa shape index (κ1) is 21.4. The highest BCUT2D eigenvalue weighted by molar-refractivity contribution is 7.18. The summed E-state index contributed by atoms with van der Waals surface area (Å²) in [4.78, 5) is 26.2. The zero-order valence-corrected chi connectivity index (χ0v) is 17.9. The van der Waals surface area contributed by atoms with Gasteiger partial charge in [0.1, 0.15) is 4.88 Å². The van der Waals surface area contributed by atoms with E-state index in [4.69, 9.17) is 9.47 Å². The van der Waals surface area contributed by atoms with E-state index in [-0.39, 0.29) is 18.0 Å². The summed E-state index contributed by atoms with van der Waals surface area (Å²) in [5.74, 6) is -0.175. The van der Waals surface area contributed by atoms with Gasteiger partial charge in [0.05, 0.1) is 25.8 Å². The molecule has 0 spiro atoms. The summed E-state index contributed by atoms with van der Waals surface area (Å²) in [6.07, 6.45) is 6.06. The summed E-state index contributed by atoms with van der Waals surface area (Å²) in [7, 11) is 1.39. The first-order valence-electron chi connectivity index (χ1n) is 10.3. The van der Waals surface area contributed by atoms with Crippen LogP contribution in [0.5, 0.6) is 0 Å². The molecule has 1 unspecified atom stereocenters. The van der Waals surface area contributed by atoms with Crippen LogP contribution < -0.4 is 5.32 Å². The monoisotopic (exact) mass is 415 g/mol. The van der Waals surface area contributed by atoms with Crippen LogP contribution in [-0.2, 0) is 14.3 Å². The molecule has 1 fully saturated rings. The Hall–Kier alpha value is -2.34. The second-order valence-electron chi connectivity index (χ2n) is 7.37. The van der Waals surface area contributed by atoms with Crippen LogP contribution in [0, 0.1) is 5.92 Å². The number of carbonyl (C=O) groups is 2. The van der Waals surface area contributed by atoms with E-state index in [2.05, 4.69) is 5.32 Å². The largest absolute Gasteiger partial charge is 0.466 e. The molecule has 6 heteroatoms. The van der Waals surface area contributed by atoms with Gasteiger partial charge in [0.2, 0.25) is 0 Å². The number of nitrogens with one attached hydrogen (secondary N) is 1. The van der Waals surface area contributed by atoms with Crippen molar-refractivity contribution < 1.29 is 19.1 Å². The van der Waals surface area contributed by atoms with Crippen molar-refractivity contribution in [3.63, 3.8) is 0 Å². The average Bonchev–Trinajstić information content (AvgIpc) is 3.18. The van der Waals surface area contributed by atoms with Gasteiger partial charge in [-0.05, 0) is 37.3 Å². The number of anilines is 1. The number of esters is 2. The summed E-state index contributed by atoms with van der Waals surface area (Å²) in [5, 5.41) is 3.52. The maximum Gasteiger partial charge on any atom is 0.350 e. The van der Waals surface area contributed by atoms with Crippen LogP contribution in [0.2, 0.25) is 0 Å². The SMILES string of the molecule is CCOC(=O)CC(Nc1cc(-c2ccccc2)sc1C(=O)OC)C1CCCCC1. The van der Waals surface area contributed by atoms with E-state index < -0.39 is 0 Å². The molecule has 1 aliphatic carbocycles.